The van der Waals surface area contributed by atoms with E-state index in [1.807, 2.05) is 42.5 Å². The number of rotatable bonds is 7. The van der Waals surface area contributed by atoms with Gasteiger partial charge in [0.2, 0.25) is 0 Å². The van der Waals surface area contributed by atoms with Crippen molar-refractivity contribution in [3.05, 3.63) is 108 Å². The maximum absolute atomic E-state index is 13.8. The largest absolute Gasteiger partial charge is 0.462 e. The monoisotopic (exact) mass is 442 g/mol. The summed E-state index contributed by atoms with van der Waals surface area (Å²) in [7, 11) is 1.66. The van der Waals surface area contributed by atoms with Gasteiger partial charge in [0, 0.05) is 26.1 Å². The first-order valence-corrected chi connectivity index (χ1v) is 10.5. The van der Waals surface area contributed by atoms with Crippen LogP contribution in [0.25, 0.3) is 5.57 Å². The summed E-state index contributed by atoms with van der Waals surface area (Å²) in [6.45, 7) is 1.56. The Balaban J connectivity index is 1.98. The lowest BCUT2D eigenvalue weighted by Gasteiger charge is -2.28. The molecule has 0 heterocycles. The lowest BCUT2D eigenvalue weighted by molar-refractivity contribution is -0.139. The molecule has 0 spiro atoms. The molecule has 168 valence electrons. The lowest BCUT2D eigenvalue weighted by atomic mass is 10.0. The van der Waals surface area contributed by atoms with E-state index >= 15 is 0 Å². The van der Waals surface area contributed by atoms with Gasteiger partial charge in [0.25, 0.3) is 5.91 Å². The van der Waals surface area contributed by atoms with Gasteiger partial charge in [0.15, 0.2) is 0 Å². The third-order valence-corrected chi connectivity index (χ3v) is 4.89. The first kappa shape index (κ1) is 23.5. The quantitative estimate of drug-likeness (QED) is 0.385. The summed E-state index contributed by atoms with van der Waals surface area (Å²) in [6.07, 6.45) is 1.53. The molecular formula is C27H26N2O4. The van der Waals surface area contributed by atoms with Crippen LogP contribution in [0.3, 0.4) is 0 Å². The van der Waals surface area contributed by atoms with E-state index in [1.54, 1.807) is 55.6 Å². The fraction of sp³-hybridized carbons (Fsp3) is 0.148. The molecule has 0 N–H and O–H groups in total. The summed E-state index contributed by atoms with van der Waals surface area (Å²) < 4.78 is 5.04. The highest BCUT2D eigenvalue weighted by Gasteiger charge is 2.29. The number of nitrogens with zero attached hydrogens (tertiary/aromatic N) is 2. The Morgan fingerprint density at radius 2 is 1.36 bits per heavy atom. The molecule has 0 aliphatic heterocycles. The molecule has 0 bridgehead atoms. The molecule has 3 aromatic carbocycles. The van der Waals surface area contributed by atoms with Crippen LogP contribution in [0.5, 0.6) is 0 Å². The van der Waals surface area contributed by atoms with Crippen LogP contribution in [-0.2, 0) is 20.9 Å². The first-order chi connectivity index (χ1) is 16.0. The molecule has 3 amide bonds. The highest BCUT2D eigenvalue weighted by Crippen LogP contribution is 2.24. The number of carbonyl (C=O) groups excluding carboxylic acids is 3. The molecule has 3 aromatic rings. The van der Waals surface area contributed by atoms with Gasteiger partial charge in [0.05, 0.1) is 5.69 Å². The molecule has 0 saturated heterocycles. The number of para-hydroxylation sites is 1. The highest BCUT2D eigenvalue weighted by molar-refractivity contribution is 6.33. The number of anilines is 1. The maximum Gasteiger partial charge on any atom is 0.331 e. The van der Waals surface area contributed by atoms with Crippen molar-refractivity contribution in [1.29, 1.82) is 0 Å². The molecule has 0 unspecified atom stereocenters. The molecule has 0 fully saturated rings. The van der Waals surface area contributed by atoms with Gasteiger partial charge < -0.3 is 9.64 Å². The van der Waals surface area contributed by atoms with E-state index in [0.29, 0.717) is 17.8 Å². The van der Waals surface area contributed by atoms with Crippen molar-refractivity contribution in [3.63, 3.8) is 0 Å². The van der Waals surface area contributed by atoms with Crippen LogP contribution in [0.2, 0.25) is 0 Å². The lowest BCUT2D eigenvalue weighted by Crippen LogP contribution is -2.45. The fourth-order valence-corrected chi connectivity index (χ4v) is 3.30. The Morgan fingerprint density at radius 3 is 1.94 bits per heavy atom. The molecule has 6 heteroatoms. The zero-order valence-corrected chi connectivity index (χ0v) is 18.7. The zero-order chi connectivity index (χ0) is 23.6. The minimum Gasteiger partial charge on any atom is -0.462 e. The van der Waals surface area contributed by atoms with E-state index in [4.69, 9.17) is 4.74 Å². The van der Waals surface area contributed by atoms with Crippen molar-refractivity contribution in [2.24, 2.45) is 0 Å². The van der Waals surface area contributed by atoms with Crippen LogP contribution in [0.4, 0.5) is 10.5 Å². The Hall–Kier alpha value is -4.19. The van der Waals surface area contributed by atoms with Crippen LogP contribution in [0, 0.1) is 0 Å². The normalized spacial score (nSPS) is 10.9. The average Bonchev–Trinajstić information content (AvgIpc) is 2.83. The molecule has 0 radical (unpaired) electrons. The molecule has 0 aromatic heterocycles. The second-order valence-electron chi connectivity index (χ2n) is 7.39. The Kier molecular flexibility index (Phi) is 8.13. The summed E-state index contributed by atoms with van der Waals surface area (Å²) in [5.74, 6) is -0.964. The number of hydrogen-bond donors (Lipinski definition) is 0. The minimum absolute atomic E-state index is 0.0814. The second kappa shape index (κ2) is 11.4. The average molecular weight is 443 g/mol. The molecule has 3 rings (SSSR count). The van der Waals surface area contributed by atoms with E-state index in [9.17, 15) is 14.4 Å². The standard InChI is InChI=1S/C27H26N2O4/c1-21(30)33-19-18-25(23-14-8-4-9-15-23)26(31)29(24-16-10-5-11-17-24)27(32)28(2)20-22-12-6-3-7-13-22/h3-18H,19-20H2,1-2H3/b25-18+. The van der Waals surface area contributed by atoms with Crippen molar-refractivity contribution in [2.75, 3.05) is 18.6 Å². The van der Waals surface area contributed by atoms with Crippen molar-refractivity contribution in [2.45, 2.75) is 13.5 Å². The van der Waals surface area contributed by atoms with E-state index < -0.39 is 17.9 Å². The minimum atomic E-state index is -0.510. The Bertz CT molecular complexity index is 1110. The van der Waals surface area contributed by atoms with E-state index in [-0.39, 0.29) is 12.2 Å². The second-order valence-corrected chi connectivity index (χ2v) is 7.39. The van der Waals surface area contributed by atoms with Crippen LogP contribution in [0.1, 0.15) is 18.1 Å². The van der Waals surface area contributed by atoms with Crippen molar-refractivity contribution in [3.8, 4) is 0 Å². The summed E-state index contributed by atoms with van der Waals surface area (Å²) >= 11 is 0. The SMILES string of the molecule is CC(=O)OC/C=C(/C(=O)N(C(=O)N(C)Cc1ccccc1)c1ccccc1)c1ccccc1. The molecule has 0 atom stereocenters. The van der Waals surface area contributed by atoms with Gasteiger partial charge in [-0.2, -0.15) is 0 Å². The summed E-state index contributed by atoms with van der Waals surface area (Å²) in [4.78, 5) is 41.2. The fourth-order valence-electron chi connectivity index (χ4n) is 3.30. The van der Waals surface area contributed by atoms with Crippen molar-refractivity contribution >= 4 is 29.2 Å². The molecule has 33 heavy (non-hydrogen) atoms. The number of urea groups is 1. The molecule has 0 aliphatic rings. The van der Waals surface area contributed by atoms with Crippen LogP contribution >= 0.6 is 0 Å². The predicted octanol–water partition coefficient (Wildman–Crippen LogP) is 4.92. The Morgan fingerprint density at radius 1 is 0.818 bits per heavy atom. The zero-order valence-electron chi connectivity index (χ0n) is 18.7. The van der Waals surface area contributed by atoms with Crippen LogP contribution in [0.15, 0.2) is 97.1 Å². The van der Waals surface area contributed by atoms with Gasteiger partial charge in [0.1, 0.15) is 6.61 Å². The molecule has 6 nitrogen and oxygen atoms in total. The van der Waals surface area contributed by atoms with Gasteiger partial charge in [-0.3, -0.25) is 9.59 Å². The van der Waals surface area contributed by atoms with Gasteiger partial charge in [-0.15, -0.1) is 0 Å². The maximum atomic E-state index is 13.8. The van der Waals surface area contributed by atoms with Crippen molar-refractivity contribution in [1.82, 2.24) is 4.90 Å². The number of carbonyl (C=O) groups is 3. The third kappa shape index (κ3) is 6.40. The smallest absolute Gasteiger partial charge is 0.331 e. The number of amides is 3. The van der Waals surface area contributed by atoms with Gasteiger partial charge in [-0.05, 0) is 29.3 Å². The van der Waals surface area contributed by atoms with Crippen LogP contribution in [-0.4, -0.2) is 36.5 Å². The van der Waals surface area contributed by atoms with E-state index in [0.717, 1.165) is 10.5 Å². The predicted molar refractivity (Wildman–Crippen MR) is 128 cm³/mol. The first-order valence-electron chi connectivity index (χ1n) is 10.5. The number of benzene rings is 3. The molecule has 0 saturated carbocycles. The molecular weight excluding hydrogens is 416 g/mol. The number of hydrogen-bond acceptors (Lipinski definition) is 4. The van der Waals surface area contributed by atoms with E-state index in [2.05, 4.69) is 0 Å². The molecule has 0 aliphatic carbocycles. The van der Waals surface area contributed by atoms with Gasteiger partial charge in [-0.1, -0.05) is 78.9 Å². The number of esters is 1. The summed E-state index contributed by atoms with van der Waals surface area (Å²) in [5.41, 5.74) is 2.28. The number of imide groups is 1. The van der Waals surface area contributed by atoms with Crippen LogP contribution < -0.4 is 4.90 Å². The number of ether oxygens (including phenoxy) is 1. The summed E-state index contributed by atoms with van der Waals surface area (Å²) in [5, 5.41) is 0. The topological polar surface area (TPSA) is 66.9 Å². The van der Waals surface area contributed by atoms with Gasteiger partial charge in [-0.25, -0.2) is 9.69 Å². The third-order valence-electron chi connectivity index (χ3n) is 4.89. The Labute approximate surface area is 193 Å². The highest BCUT2D eigenvalue weighted by atomic mass is 16.5. The van der Waals surface area contributed by atoms with E-state index in [1.165, 1.54) is 17.9 Å². The van der Waals surface area contributed by atoms with Crippen molar-refractivity contribution < 1.29 is 19.1 Å². The van der Waals surface area contributed by atoms with Gasteiger partial charge >= 0.3 is 12.0 Å². The summed E-state index contributed by atoms with van der Waals surface area (Å²) in [6, 6.07) is 26.9.